The molecule has 17 nitrogen and oxygen atoms in total. The third-order valence-corrected chi connectivity index (χ3v) is 14.8. The first-order valence-electron chi connectivity index (χ1n) is 25.1. The molecule has 0 saturated carbocycles. The van der Waals surface area contributed by atoms with Crippen LogP contribution >= 0.6 is 0 Å². The van der Waals surface area contributed by atoms with Crippen molar-refractivity contribution in [2.24, 2.45) is 11.8 Å². The molecule has 0 spiro atoms. The highest BCUT2D eigenvalue weighted by molar-refractivity contribution is 5.87. The van der Waals surface area contributed by atoms with Gasteiger partial charge in [-0.05, 0) is 104 Å². The van der Waals surface area contributed by atoms with E-state index in [0.717, 1.165) is 91.5 Å². The number of carboxylic acid groups (broad SMARTS) is 1. The van der Waals surface area contributed by atoms with E-state index in [9.17, 15) is 24.3 Å². The summed E-state index contributed by atoms with van der Waals surface area (Å²) in [7, 11) is 1.30. The summed E-state index contributed by atoms with van der Waals surface area (Å²) in [6.45, 7) is 10.7. The molecular weight excluding hydrogens is 887 g/mol. The van der Waals surface area contributed by atoms with Crippen molar-refractivity contribution >= 4 is 35.5 Å². The van der Waals surface area contributed by atoms with Gasteiger partial charge in [0.2, 0.25) is 11.8 Å². The van der Waals surface area contributed by atoms with E-state index < -0.39 is 24.3 Å². The van der Waals surface area contributed by atoms with Crippen molar-refractivity contribution in [2.45, 2.75) is 122 Å². The molecule has 4 amide bonds. The Labute approximate surface area is 409 Å². The third kappa shape index (κ3) is 10.1. The first-order chi connectivity index (χ1) is 33.9. The quantitative estimate of drug-likeness (QED) is 0.0711. The average molecular weight is 954 g/mol. The number of imidazole rings is 2. The zero-order valence-electron chi connectivity index (χ0n) is 40.9. The van der Waals surface area contributed by atoms with Gasteiger partial charge in [0.1, 0.15) is 29.6 Å². The Balaban J connectivity index is 0.934. The van der Waals surface area contributed by atoms with Crippen molar-refractivity contribution in [3.63, 3.8) is 0 Å². The molecule has 7 heterocycles. The van der Waals surface area contributed by atoms with Gasteiger partial charge in [0, 0.05) is 26.2 Å². The van der Waals surface area contributed by atoms with Crippen LogP contribution in [0, 0.1) is 11.8 Å². The number of aromatic nitrogens is 5. The lowest BCUT2D eigenvalue weighted by Crippen LogP contribution is -2.51. The Kier molecular flexibility index (Phi) is 14.4. The van der Waals surface area contributed by atoms with Crippen LogP contribution in [0.4, 0.5) is 21.1 Å². The maximum absolute atomic E-state index is 13.8. The average Bonchev–Trinajstić information content (AvgIpc) is 4.24. The number of nitrogens with zero attached hydrogens (tertiary/aromatic N) is 7. The van der Waals surface area contributed by atoms with Gasteiger partial charge < -0.3 is 50.0 Å². The topological polar surface area (TPSA) is 205 Å². The number of H-pyrrole nitrogens is 2. The second-order valence-electron chi connectivity index (χ2n) is 20.0. The number of carbonyl (C=O) groups is 4. The van der Waals surface area contributed by atoms with Gasteiger partial charge in [0.05, 0.1) is 66.9 Å². The third-order valence-electron chi connectivity index (χ3n) is 14.8. The number of hydrogen-bond donors (Lipinski definition) is 5. The van der Waals surface area contributed by atoms with Gasteiger partial charge in [-0.1, -0.05) is 76.2 Å². The van der Waals surface area contributed by atoms with Crippen molar-refractivity contribution in [1.82, 2.24) is 45.4 Å². The number of nitrogens with one attached hydrogen (secondary N) is 4. The van der Waals surface area contributed by atoms with Crippen LogP contribution in [0.3, 0.4) is 0 Å². The minimum atomic E-state index is -1.21. The number of aromatic amines is 2. The summed E-state index contributed by atoms with van der Waals surface area (Å²) >= 11 is 0. The number of carbonyl (C=O) groups excluding carboxylic acids is 3. The maximum Gasteiger partial charge on any atom is 0.407 e. The van der Waals surface area contributed by atoms with Crippen molar-refractivity contribution in [2.75, 3.05) is 43.1 Å². The Bertz CT molecular complexity index is 2610. The smallest absolute Gasteiger partial charge is 0.407 e. The molecule has 9 rings (SSSR count). The van der Waals surface area contributed by atoms with Gasteiger partial charge >= 0.3 is 12.2 Å². The van der Waals surface area contributed by atoms with Crippen LogP contribution < -0.4 is 20.4 Å². The minimum absolute atomic E-state index is 0.0930. The van der Waals surface area contributed by atoms with E-state index in [2.05, 4.69) is 91.1 Å². The molecule has 4 aliphatic heterocycles. The van der Waals surface area contributed by atoms with E-state index in [0.29, 0.717) is 18.9 Å². The lowest BCUT2D eigenvalue weighted by atomic mass is 10.0. The Hall–Kier alpha value is -6.91. The minimum Gasteiger partial charge on any atom is -0.465 e. The second-order valence-corrected chi connectivity index (χ2v) is 20.0. The lowest BCUT2D eigenvalue weighted by molar-refractivity contribution is -0.136. The van der Waals surface area contributed by atoms with Gasteiger partial charge in [-0.2, -0.15) is 0 Å². The summed E-state index contributed by atoms with van der Waals surface area (Å²) in [5.41, 5.74) is 7.19. The number of hydrogen-bond acceptors (Lipinski definition) is 10. The fourth-order valence-corrected chi connectivity index (χ4v) is 11.1. The molecule has 5 aromatic rings. The van der Waals surface area contributed by atoms with Gasteiger partial charge in [-0.25, -0.2) is 24.5 Å². The molecule has 4 fully saturated rings. The van der Waals surface area contributed by atoms with Crippen molar-refractivity contribution in [3.8, 4) is 22.5 Å². The summed E-state index contributed by atoms with van der Waals surface area (Å²) in [4.78, 5) is 81.1. The van der Waals surface area contributed by atoms with Gasteiger partial charge in [-0.15, -0.1) is 0 Å². The number of anilines is 2. The summed E-state index contributed by atoms with van der Waals surface area (Å²) in [5, 5.41) is 14.6. The zero-order chi connectivity index (χ0) is 49.1. The maximum atomic E-state index is 13.8. The molecule has 3 aromatic heterocycles. The number of alkyl carbamates (subject to hydrolysis) is 1. The van der Waals surface area contributed by atoms with E-state index in [1.807, 2.05) is 51.2 Å². The molecule has 17 heteroatoms. The molecule has 0 radical (unpaired) electrons. The number of benzene rings is 2. The highest BCUT2D eigenvalue weighted by Crippen LogP contribution is 2.47. The first kappa shape index (κ1) is 48.1. The molecule has 70 heavy (non-hydrogen) atoms. The summed E-state index contributed by atoms with van der Waals surface area (Å²) < 4.78 is 4.81. The van der Waals surface area contributed by atoms with Crippen LogP contribution in [0.2, 0.25) is 0 Å². The number of ether oxygens (including phenoxy) is 1. The van der Waals surface area contributed by atoms with E-state index in [-0.39, 0.29) is 47.8 Å². The van der Waals surface area contributed by atoms with Crippen LogP contribution in [0.1, 0.15) is 132 Å². The van der Waals surface area contributed by atoms with Gasteiger partial charge in [-0.3, -0.25) is 9.59 Å². The largest absolute Gasteiger partial charge is 0.465 e. The van der Waals surface area contributed by atoms with Crippen LogP contribution in [-0.4, -0.2) is 109 Å². The predicted molar refractivity (Wildman–Crippen MR) is 267 cm³/mol. The molecular formula is C53H67N11O6. The monoisotopic (exact) mass is 954 g/mol. The second kappa shape index (κ2) is 21.0. The lowest BCUT2D eigenvalue weighted by Gasteiger charge is -2.34. The zero-order valence-corrected chi connectivity index (χ0v) is 40.9. The van der Waals surface area contributed by atoms with Crippen LogP contribution in [0.25, 0.3) is 22.5 Å². The fourth-order valence-electron chi connectivity index (χ4n) is 11.1. The highest BCUT2D eigenvalue weighted by Gasteiger charge is 2.40. The molecule has 0 unspecified atom stereocenters. The van der Waals surface area contributed by atoms with Crippen molar-refractivity contribution in [3.05, 3.63) is 102 Å². The Morgan fingerprint density at radius 3 is 1.54 bits per heavy atom. The van der Waals surface area contributed by atoms with Crippen molar-refractivity contribution < 1.29 is 29.0 Å². The van der Waals surface area contributed by atoms with Crippen LogP contribution in [0.15, 0.2) is 79.3 Å². The number of amides is 4. The molecule has 4 aliphatic rings. The number of likely N-dealkylation sites (tertiary alicyclic amines) is 2. The summed E-state index contributed by atoms with van der Waals surface area (Å²) in [6.07, 6.45) is 12.6. The van der Waals surface area contributed by atoms with Gasteiger partial charge in [0.15, 0.2) is 0 Å². The summed E-state index contributed by atoms with van der Waals surface area (Å²) in [6, 6.07) is 20.0. The van der Waals surface area contributed by atoms with E-state index in [4.69, 9.17) is 19.7 Å². The molecule has 0 aliphatic carbocycles. The SMILES string of the molecule is COC(=O)N[C@H](C(=O)N1CCC[C@H]1c1ncc(-c2ccc([C@@H]3CC[C@@H](c4ccc(-c5cnc([C@@H]6CCCN6C(=O)[C@@H](NC(=O)O)C(C)C)[nH]5)cc4)N3c3ccc(N4CCCCC4)nc3)cc2)[nH]1)C(C)C. The molecule has 5 N–H and O–H groups in total. The normalized spacial score (nSPS) is 21.4. The van der Waals surface area contributed by atoms with Crippen LogP contribution in [-0.2, 0) is 14.3 Å². The number of methoxy groups -OCH3 is 1. The molecule has 6 atom stereocenters. The Morgan fingerprint density at radius 1 is 0.600 bits per heavy atom. The fraction of sp³-hybridized carbons (Fsp3) is 0.491. The molecule has 2 aromatic carbocycles. The highest BCUT2D eigenvalue weighted by atomic mass is 16.5. The molecule has 370 valence electrons. The first-order valence-corrected chi connectivity index (χ1v) is 25.1. The standard InChI is InChI=1S/C53H67N11O6/c1-32(2)46(59-52(67)68)50(65)62-27-9-11-43(62)48-55-30-39(57-48)34-13-17-36(18-14-34)41-22-23-42(64(41)38-21-24-45(54-29-38)61-25-7-6-8-26-61)37-19-15-35(16-20-37)40-31-56-49(58-40)44-12-10-28-63(44)51(66)47(33(3)4)60-53(69)70-5/h13-21,24,29-33,41-44,46-47,59H,6-12,22-23,25-28H2,1-5H3,(H,55,57)(H,56,58)(H,60,69)(H,67,68)/t41-,42-,43-,44-,46-,47-/m0/s1. The number of piperidine rings is 1. The number of pyridine rings is 1. The van der Waals surface area contributed by atoms with Crippen molar-refractivity contribution in [1.29, 1.82) is 0 Å². The van der Waals surface area contributed by atoms with Crippen LogP contribution in [0.5, 0.6) is 0 Å². The molecule has 4 saturated heterocycles. The Morgan fingerprint density at radius 2 is 1.10 bits per heavy atom. The number of rotatable bonds is 14. The summed E-state index contributed by atoms with van der Waals surface area (Å²) in [5.74, 6) is 1.78. The predicted octanol–water partition coefficient (Wildman–Crippen LogP) is 8.93. The van der Waals surface area contributed by atoms with Gasteiger partial charge in [0.25, 0.3) is 0 Å². The van der Waals surface area contributed by atoms with E-state index >= 15 is 0 Å². The van der Waals surface area contributed by atoms with E-state index in [1.165, 1.54) is 37.5 Å². The van der Waals surface area contributed by atoms with E-state index in [1.54, 1.807) is 4.90 Å². The molecule has 0 bridgehead atoms.